The Labute approximate surface area is 184 Å². The summed E-state index contributed by atoms with van der Waals surface area (Å²) in [6, 6.07) is 8.71. The quantitative estimate of drug-likeness (QED) is 0.397. The average Bonchev–Trinajstić information content (AvgIpc) is 2.79. The van der Waals surface area contributed by atoms with Gasteiger partial charge < -0.3 is 15.4 Å². The third kappa shape index (κ3) is 4.81. The molecule has 0 spiro atoms. The molecule has 0 unspecified atom stereocenters. The summed E-state index contributed by atoms with van der Waals surface area (Å²) in [4.78, 5) is 24.8. The zero-order valence-electron chi connectivity index (χ0n) is 16.9. The fourth-order valence-corrected chi connectivity index (χ4v) is 3.07. The Morgan fingerprint density at radius 3 is 2.61 bits per heavy atom. The molecule has 0 bridgehead atoms. The molecule has 0 aliphatic carbocycles. The number of alkyl halides is 3. The number of carbonyl (C=O) groups excluding carboxylic acids is 1. The Morgan fingerprint density at radius 2 is 1.85 bits per heavy atom. The van der Waals surface area contributed by atoms with Gasteiger partial charge in [-0.1, -0.05) is 0 Å². The first kappa shape index (κ1) is 21.9. The molecular weight excluding hydrogens is 442 g/mol. The van der Waals surface area contributed by atoms with Crippen LogP contribution in [0.3, 0.4) is 0 Å². The highest BCUT2D eigenvalue weighted by molar-refractivity contribution is 6.12. The second-order valence-corrected chi connectivity index (χ2v) is 6.81. The van der Waals surface area contributed by atoms with E-state index in [4.69, 9.17) is 4.74 Å². The summed E-state index contributed by atoms with van der Waals surface area (Å²) in [6.07, 6.45) is -0.751. The molecule has 0 fully saturated rings. The third-order valence-corrected chi connectivity index (χ3v) is 4.63. The van der Waals surface area contributed by atoms with Gasteiger partial charge in [-0.2, -0.15) is 13.2 Å². The second kappa shape index (κ2) is 8.69. The van der Waals surface area contributed by atoms with Crippen LogP contribution in [0.25, 0.3) is 10.8 Å². The van der Waals surface area contributed by atoms with Crippen molar-refractivity contribution in [3.05, 3.63) is 78.1 Å². The third-order valence-electron chi connectivity index (χ3n) is 4.63. The monoisotopic (exact) mass is 457 g/mol. The van der Waals surface area contributed by atoms with E-state index < -0.39 is 23.5 Å². The molecule has 2 aromatic heterocycles. The molecule has 0 atom stereocenters. The van der Waals surface area contributed by atoms with Gasteiger partial charge >= 0.3 is 6.18 Å². The van der Waals surface area contributed by atoms with Gasteiger partial charge in [0.05, 0.1) is 11.1 Å². The highest BCUT2D eigenvalue weighted by atomic mass is 19.4. The van der Waals surface area contributed by atoms with Gasteiger partial charge in [0.15, 0.2) is 0 Å². The first-order valence-electron chi connectivity index (χ1n) is 9.48. The number of aromatic nitrogens is 3. The number of benzene rings is 2. The lowest BCUT2D eigenvalue weighted by Crippen LogP contribution is -2.15. The van der Waals surface area contributed by atoms with Gasteiger partial charge in [0.25, 0.3) is 5.91 Å². The number of nitrogens with one attached hydrogen (secondary N) is 2. The van der Waals surface area contributed by atoms with Crippen molar-refractivity contribution in [3.8, 4) is 11.6 Å². The van der Waals surface area contributed by atoms with Crippen LogP contribution in [0.1, 0.15) is 15.9 Å². The number of rotatable bonds is 5. The summed E-state index contributed by atoms with van der Waals surface area (Å²) in [7, 11) is 1.70. The number of carbonyl (C=O) groups is 1. The molecule has 2 heterocycles. The molecule has 4 aromatic rings. The standard InChI is InChI=1S/C22H15F4N5O2/c1-27-19-8-20(30-11-29-19)33-14-3-4-15-12(6-14)9-28-10-16(15)21(32)31-13-2-5-18(23)17(7-13)22(24,25)26/h2-11H,1H3,(H,31,32)(H,27,29,30). The van der Waals surface area contributed by atoms with E-state index >= 15 is 0 Å². The van der Waals surface area contributed by atoms with E-state index in [2.05, 4.69) is 25.6 Å². The summed E-state index contributed by atoms with van der Waals surface area (Å²) in [5.41, 5.74) is -1.55. The molecule has 11 heteroatoms. The summed E-state index contributed by atoms with van der Waals surface area (Å²) in [6.45, 7) is 0. The number of ether oxygens (including phenoxy) is 1. The number of fused-ring (bicyclic) bond motifs is 1. The van der Waals surface area contributed by atoms with Gasteiger partial charge in [0.2, 0.25) is 5.88 Å². The van der Waals surface area contributed by atoms with Crippen molar-refractivity contribution in [2.45, 2.75) is 6.18 Å². The molecule has 0 radical (unpaired) electrons. The molecule has 0 aliphatic rings. The fourth-order valence-electron chi connectivity index (χ4n) is 3.07. The smallest absolute Gasteiger partial charge is 0.419 e. The number of pyridine rings is 1. The maximum Gasteiger partial charge on any atom is 0.419 e. The van der Waals surface area contributed by atoms with Gasteiger partial charge in [0, 0.05) is 36.6 Å². The number of hydrogen-bond donors (Lipinski definition) is 2. The molecule has 0 saturated heterocycles. The molecule has 4 rings (SSSR count). The fraction of sp³-hybridized carbons (Fsp3) is 0.0909. The van der Waals surface area contributed by atoms with Crippen LogP contribution in [0.15, 0.2) is 61.2 Å². The van der Waals surface area contributed by atoms with Gasteiger partial charge in [0.1, 0.15) is 23.7 Å². The minimum atomic E-state index is -4.89. The zero-order chi connectivity index (χ0) is 23.6. The first-order valence-corrected chi connectivity index (χ1v) is 9.48. The average molecular weight is 457 g/mol. The second-order valence-electron chi connectivity index (χ2n) is 6.81. The van der Waals surface area contributed by atoms with Crippen molar-refractivity contribution in [3.63, 3.8) is 0 Å². The van der Waals surface area contributed by atoms with E-state index in [0.717, 1.165) is 6.07 Å². The minimum absolute atomic E-state index is 0.122. The molecule has 33 heavy (non-hydrogen) atoms. The van der Waals surface area contributed by atoms with E-state index in [1.54, 1.807) is 31.3 Å². The molecule has 1 amide bonds. The Morgan fingerprint density at radius 1 is 1.03 bits per heavy atom. The summed E-state index contributed by atoms with van der Waals surface area (Å²) < 4.78 is 58.1. The molecular formula is C22H15F4N5O2. The number of nitrogens with zero attached hydrogens (tertiary/aromatic N) is 3. The minimum Gasteiger partial charge on any atom is -0.439 e. The van der Waals surface area contributed by atoms with Crippen LogP contribution in [-0.2, 0) is 6.18 Å². The lowest BCUT2D eigenvalue weighted by atomic mass is 10.1. The SMILES string of the molecule is CNc1cc(Oc2ccc3c(C(=O)Nc4ccc(F)c(C(F)(F)F)c4)cncc3c2)ncn1. The summed E-state index contributed by atoms with van der Waals surface area (Å²) in [5, 5.41) is 6.27. The molecule has 2 N–H and O–H groups in total. The van der Waals surface area contributed by atoms with Crippen LogP contribution in [0.4, 0.5) is 29.1 Å². The van der Waals surface area contributed by atoms with E-state index in [9.17, 15) is 22.4 Å². The predicted molar refractivity (Wildman–Crippen MR) is 113 cm³/mol. The molecule has 2 aromatic carbocycles. The van der Waals surface area contributed by atoms with Crippen LogP contribution in [0, 0.1) is 5.82 Å². The largest absolute Gasteiger partial charge is 0.439 e. The summed E-state index contributed by atoms with van der Waals surface area (Å²) >= 11 is 0. The van der Waals surface area contributed by atoms with Crippen LogP contribution in [-0.4, -0.2) is 27.9 Å². The topological polar surface area (TPSA) is 89.0 Å². The maximum absolute atomic E-state index is 13.5. The number of hydrogen-bond acceptors (Lipinski definition) is 6. The zero-order valence-corrected chi connectivity index (χ0v) is 16.9. The van der Waals surface area contributed by atoms with Gasteiger partial charge in [-0.15, -0.1) is 0 Å². The van der Waals surface area contributed by atoms with E-state index in [1.807, 2.05) is 0 Å². The van der Waals surface area contributed by atoms with Crippen LogP contribution in [0.2, 0.25) is 0 Å². The molecule has 0 aliphatic heterocycles. The highest BCUT2D eigenvalue weighted by Gasteiger charge is 2.34. The predicted octanol–water partition coefficient (Wildman–Crippen LogP) is 5.27. The van der Waals surface area contributed by atoms with Crippen LogP contribution >= 0.6 is 0 Å². The lowest BCUT2D eigenvalue weighted by molar-refractivity contribution is -0.139. The maximum atomic E-state index is 13.5. The Kier molecular flexibility index (Phi) is 5.78. The first-order chi connectivity index (χ1) is 15.7. The van der Waals surface area contributed by atoms with Crippen molar-refractivity contribution >= 4 is 28.2 Å². The molecule has 168 valence electrons. The highest BCUT2D eigenvalue weighted by Crippen LogP contribution is 2.33. The number of amides is 1. The Balaban J connectivity index is 1.60. The van der Waals surface area contributed by atoms with Crippen molar-refractivity contribution in [1.29, 1.82) is 0 Å². The number of halogens is 4. The van der Waals surface area contributed by atoms with E-state index in [-0.39, 0.29) is 11.3 Å². The molecule has 0 saturated carbocycles. The van der Waals surface area contributed by atoms with Crippen molar-refractivity contribution in [2.24, 2.45) is 0 Å². The van der Waals surface area contributed by atoms with Gasteiger partial charge in [-0.3, -0.25) is 9.78 Å². The lowest BCUT2D eigenvalue weighted by Gasteiger charge is -2.12. The van der Waals surface area contributed by atoms with Crippen molar-refractivity contribution in [1.82, 2.24) is 15.0 Å². The van der Waals surface area contributed by atoms with E-state index in [0.29, 0.717) is 40.4 Å². The Hall–Kier alpha value is -4.28. The van der Waals surface area contributed by atoms with Gasteiger partial charge in [-0.25, -0.2) is 14.4 Å². The van der Waals surface area contributed by atoms with Crippen LogP contribution in [0.5, 0.6) is 11.6 Å². The normalized spacial score (nSPS) is 11.3. The number of anilines is 2. The van der Waals surface area contributed by atoms with E-state index in [1.165, 1.54) is 18.7 Å². The molecule has 7 nitrogen and oxygen atoms in total. The van der Waals surface area contributed by atoms with Gasteiger partial charge in [-0.05, 0) is 41.8 Å². The Bertz CT molecular complexity index is 1340. The summed E-state index contributed by atoms with van der Waals surface area (Å²) in [5.74, 6) is -0.833. The van der Waals surface area contributed by atoms with Crippen molar-refractivity contribution < 1.29 is 27.1 Å². The van der Waals surface area contributed by atoms with Crippen LogP contribution < -0.4 is 15.4 Å². The van der Waals surface area contributed by atoms with Crippen molar-refractivity contribution in [2.75, 3.05) is 17.7 Å².